The van der Waals surface area contributed by atoms with Crippen LogP contribution in [-0.4, -0.2) is 37.0 Å². The van der Waals surface area contributed by atoms with E-state index in [-0.39, 0.29) is 37.3 Å². The van der Waals surface area contributed by atoms with Gasteiger partial charge in [0.2, 0.25) is 11.5 Å². The van der Waals surface area contributed by atoms with E-state index in [4.69, 9.17) is 18.9 Å². The van der Waals surface area contributed by atoms with Crippen LogP contribution < -0.4 is 24.3 Å². The van der Waals surface area contributed by atoms with Gasteiger partial charge in [-0.3, -0.25) is 14.2 Å². The molecule has 1 aromatic carbocycles. The van der Waals surface area contributed by atoms with Crippen molar-refractivity contribution in [2.75, 3.05) is 13.2 Å². The average Bonchev–Trinajstić information content (AvgIpc) is 3.10. The lowest BCUT2D eigenvalue weighted by Crippen LogP contribution is -2.31. The predicted molar refractivity (Wildman–Crippen MR) is 208 cm³/mol. The summed E-state index contributed by atoms with van der Waals surface area (Å²) in [5.74, 6) is 0.526. The van der Waals surface area contributed by atoms with Gasteiger partial charge in [-0.2, -0.15) is 0 Å². The largest absolute Gasteiger partial charge is 0.490 e. The molecule has 0 spiro atoms. The molecule has 0 bridgehead atoms. The minimum Gasteiger partial charge on any atom is -0.490 e. The van der Waals surface area contributed by atoms with Crippen molar-refractivity contribution < 1.29 is 33.1 Å². The van der Waals surface area contributed by atoms with Crippen LogP contribution in [0.25, 0.3) is 0 Å². The Morgan fingerprint density at radius 2 is 0.980 bits per heavy atom. The molecule has 0 saturated carbocycles. The summed E-state index contributed by atoms with van der Waals surface area (Å²) in [4.78, 5) is 27.2. The number of Topliss-reactive ketones (excluding diaryl/α,β-unsaturated/α-hetero) is 2. The maximum Gasteiger partial charge on any atom is 0.209 e. The molecular weight excluding hydrogens is 647 g/mol. The molecule has 0 radical (unpaired) electrons. The number of carbonyl (C=O) groups excluding carboxylic acids is 2. The first-order valence-electron chi connectivity index (χ1n) is 19.7. The van der Waals surface area contributed by atoms with Gasteiger partial charge in [0, 0.05) is 6.07 Å². The third kappa shape index (κ3) is 17.5. The highest BCUT2D eigenvalue weighted by Crippen LogP contribution is 2.47. The number of carbonyl (C=O) groups is 2. The molecule has 2 atom stereocenters. The van der Waals surface area contributed by atoms with Gasteiger partial charge in [-0.1, -0.05) is 131 Å². The molecule has 1 rings (SSSR count). The number of ketones is 2. The van der Waals surface area contributed by atoms with Crippen molar-refractivity contribution in [3.63, 3.8) is 0 Å². The zero-order valence-corrected chi connectivity index (χ0v) is 33.4. The SMILES string of the molecule is C=C(C)C(=O)C(CCCCCC)Oc1c(OCCCCCCC)cc(P=O)c(OCCCCCCC)c1OC(CCCCCC)C(=O)C(=C)C. The topological polar surface area (TPSA) is 88.1 Å². The molecule has 0 aliphatic rings. The van der Waals surface area contributed by atoms with Crippen molar-refractivity contribution in [1.29, 1.82) is 0 Å². The van der Waals surface area contributed by atoms with Crippen LogP contribution in [0.2, 0.25) is 0 Å². The minimum absolute atomic E-state index is 0.156. The lowest BCUT2D eigenvalue weighted by atomic mass is 10.0. The summed E-state index contributed by atoms with van der Waals surface area (Å²) < 4.78 is 38.9. The first-order valence-corrected chi connectivity index (χ1v) is 20.5. The molecule has 2 unspecified atom stereocenters. The number of ether oxygens (including phenoxy) is 4. The highest BCUT2D eigenvalue weighted by atomic mass is 31.1. The van der Waals surface area contributed by atoms with Crippen LogP contribution in [0.4, 0.5) is 0 Å². The van der Waals surface area contributed by atoms with Crippen LogP contribution in [0, 0.1) is 0 Å². The van der Waals surface area contributed by atoms with Gasteiger partial charge in [0.05, 0.1) is 18.5 Å². The van der Waals surface area contributed by atoms with Crippen molar-refractivity contribution in [3.05, 3.63) is 30.4 Å². The molecule has 50 heavy (non-hydrogen) atoms. The maximum atomic E-state index is 13.6. The van der Waals surface area contributed by atoms with Crippen LogP contribution in [0.15, 0.2) is 30.4 Å². The lowest BCUT2D eigenvalue weighted by Gasteiger charge is -2.27. The zero-order chi connectivity index (χ0) is 37.1. The molecule has 284 valence electrons. The van der Waals surface area contributed by atoms with Gasteiger partial charge in [-0.25, -0.2) is 0 Å². The summed E-state index contributed by atoms with van der Waals surface area (Å²) in [6.45, 7) is 20.7. The second kappa shape index (κ2) is 28.0. The van der Waals surface area contributed by atoms with E-state index in [0.29, 0.717) is 48.3 Å². The highest BCUT2D eigenvalue weighted by Gasteiger charge is 2.32. The third-order valence-electron chi connectivity index (χ3n) is 8.82. The molecule has 0 fully saturated rings. The first kappa shape index (κ1) is 45.4. The van der Waals surface area contributed by atoms with Gasteiger partial charge in [0.25, 0.3) is 0 Å². The lowest BCUT2D eigenvalue weighted by molar-refractivity contribution is -0.123. The van der Waals surface area contributed by atoms with E-state index < -0.39 is 12.2 Å². The molecule has 0 aliphatic heterocycles. The number of benzene rings is 1. The smallest absolute Gasteiger partial charge is 0.209 e. The molecule has 0 N–H and O–H groups in total. The summed E-state index contributed by atoms with van der Waals surface area (Å²) in [6, 6.07) is 1.67. The summed E-state index contributed by atoms with van der Waals surface area (Å²) in [7, 11) is -0.284. The average molecular weight is 717 g/mol. The van der Waals surface area contributed by atoms with E-state index in [1.165, 1.54) is 0 Å². The van der Waals surface area contributed by atoms with Crippen molar-refractivity contribution in [1.82, 2.24) is 0 Å². The molecule has 0 saturated heterocycles. The first-order chi connectivity index (χ1) is 24.2. The number of hydrogen-bond donors (Lipinski definition) is 0. The summed E-state index contributed by atoms with van der Waals surface area (Å²) in [5.41, 5.74) is 0.787. The van der Waals surface area contributed by atoms with E-state index in [1.54, 1.807) is 19.9 Å². The quantitative estimate of drug-likeness (QED) is 0.0406. The van der Waals surface area contributed by atoms with Crippen LogP contribution in [-0.2, 0) is 14.2 Å². The van der Waals surface area contributed by atoms with Crippen molar-refractivity contribution in [3.8, 4) is 23.0 Å². The monoisotopic (exact) mass is 716 g/mol. The molecule has 0 aromatic heterocycles. The summed E-state index contributed by atoms with van der Waals surface area (Å²) in [6.07, 6.45) is 17.5. The molecule has 7 nitrogen and oxygen atoms in total. The van der Waals surface area contributed by atoms with Crippen LogP contribution in [0.5, 0.6) is 23.0 Å². The Bertz CT molecular complexity index is 1160. The number of hydrogen-bond acceptors (Lipinski definition) is 7. The van der Waals surface area contributed by atoms with Crippen molar-refractivity contribution >= 4 is 25.3 Å². The Morgan fingerprint density at radius 3 is 1.40 bits per heavy atom. The number of rotatable bonds is 33. The predicted octanol–water partition coefficient (Wildman–Crippen LogP) is 12.0. The van der Waals surface area contributed by atoms with Gasteiger partial charge in [-0.05, 0) is 63.5 Å². The second-order valence-electron chi connectivity index (χ2n) is 13.7. The van der Waals surface area contributed by atoms with Gasteiger partial charge >= 0.3 is 0 Å². The maximum absolute atomic E-state index is 13.6. The number of unbranched alkanes of at least 4 members (excludes halogenated alkanes) is 14. The normalized spacial score (nSPS) is 12.4. The Morgan fingerprint density at radius 1 is 0.580 bits per heavy atom. The van der Waals surface area contributed by atoms with E-state index in [2.05, 4.69) is 40.9 Å². The van der Waals surface area contributed by atoms with Crippen molar-refractivity contribution in [2.24, 2.45) is 0 Å². The Hall–Kier alpha value is -2.66. The molecule has 0 amide bonds. The van der Waals surface area contributed by atoms with Crippen molar-refractivity contribution in [2.45, 2.75) is 182 Å². The zero-order valence-electron chi connectivity index (χ0n) is 32.5. The summed E-state index contributed by atoms with van der Waals surface area (Å²) in [5, 5.41) is 0.347. The third-order valence-corrected chi connectivity index (χ3v) is 9.35. The van der Waals surface area contributed by atoms with Gasteiger partial charge in [0.1, 0.15) is 0 Å². The standard InChI is InChI=1S/C42H69O7P/c1-9-13-17-21-25-29-46-36-31-37(50-45)41(47-30-26-22-18-14-10-2)42(49-35(39(44)33(7)8)28-24-20-16-12-4)40(36)48-34(38(43)32(5)6)27-23-19-15-11-3/h31,34-35H,5,7,9-30H2,1-4,6,8H3. The van der Waals surface area contributed by atoms with E-state index in [9.17, 15) is 14.2 Å². The molecule has 0 aliphatic carbocycles. The molecule has 0 heterocycles. The Balaban J connectivity index is 3.85. The van der Waals surface area contributed by atoms with E-state index in [1.807, 2.05) is 0 Å². The molecule has 8 heteroatoms. The van der Waals surface area contributed by atoms with Gasteiger partial charge in [0.15, 0.2) is 43.7 Å². The van der Waals surface area contributed by atoms with E-state index >= 15 is 0 Å². The summed E-state index contributed by atoms with van der Waals surface area (Å²) >= 11 is 0. The fourth-order valence-corrected chi connectivity index (χ4v) is 6.14. The van der Waals surface area contributed by atoms with Crippen LogP contribution in [0.1, 0.15) is 170 Å². The minimum atomic E-state index is -0.862. The highest BCUT2D eigenvalue weighted by molar-refractivity contribution is 7.34. The van der Waals surface area contributed by atoms with E-state index in [0.717, 1.165) is 116 Å². The fraction of sp³-hybridized carbons (Fsp3) is 0.714. The molecular formula is C42H69O7P. The van der Waals surface area contributed by atoms with Crippen LogP contribution >= 0.6 is 8.46 Å². The van der Waals surface area contributed by atoms with Gasteiger partial charge < -0.3 is 18.9 Å². The van der Waals surface area contributed by atoms with Gasteiger partial charge in [-0.15, -0.1) is 0 Å². The second-order valence-corrected chi connectivity index (χ2v) is 14.4. The Labute approximate surface area is 306 Å². The van der Waals surface area contributed by atoms with Crippen LogP contribution in [0.3, 0.4) is 0 Å². The Kier molecular flexibility index (Phi) is 25.4. The fourth-order valence-electron chi connectivity index (χ4n) is 5.72. The molecule has 1 aromatic rings.